The van der Waals surface area contributed by atoms with Crippen LogP contribution in [0.2, 0.25) is 0 Å². The first-order valence-electron chi connectivity index (χ1n) is 6.69. The van der Waals surface area contributed by atoms with E-state index in [1.807, 2.05) is 13.8 Å². The third-order valence-corrected chi connectivity index (χ3v) is 2.87. The Labute approximate surface area is 110 Å². The number of hydrogen-bond acceptors (Lipinski definition) is 4. The molecule has 2 N–H and O–H groups in total. The Bertz CT molecular complexity index is 265. The van der Waals surface area contributed by atoms with E-state index in [9.17, 15) is 9.59 Å². The molecule has 5 heteroatoms. The average Bonchev–Trinajstić information content (AvgIpc) is 2.35. The quantitative estimate of drug-likeness (QED) is 0.642. The molecule has 106 valence electrons. The Hall–Kier alpha value is -1.10. The maximum atomic E-state index is 11.9. The van der Waals surface area contributed by atoms with Crippen molar-refractivity contribution in [1.82, 2.24) is 10.6 Å². The number of ether oxygens (including phenoxy) is 1. The molecule has 5 nitrogen and oxygen atoms in total. The summed E-state index contributed by atoms with van der Waals surface area (Å²) in [5, 5.41) is 5.87. The third-order valence-electron chi connectivity index (χ3n) is 2.87. The van der Waals surface area contributed by atoms with Gasteiger partial charge in [0.1, 0.15) is 6.04 Å². The molecule has 0 aromatic carbocycles. The minimum Gasteiger partial charge on any atom is -0.465 e. The lowest BCUT2D eigenvalue weighted by Crippen LogP contribution is -2.50. The average molecular weight is 258 g/mol. The van der Waals surface area contributed by atoms with Crippen molar-refractivity contribution < 1.29 is 14.3 Å². The fraction of sp³-hybridized carbons (Fsp3) is 0.846. The molecule has 0 spiro atoms. The number of nitrogens with one attached hydrogen (secondary N) is 2. The first-order chi connectivity index (χ1) is 8.46. The Morgan fingerprint density at radius 1 is 1.06 bits per heavy atom. The molecule has 0 aliphatic heterocycles. The fourth-order valence-electron chi connectivity index (χ4n) is 1.60. The molecule has 0 heterocycles. The molecule has 2 unspecified atom stereocenters. The number of amides is 1. The van der Waals surface area contributed by atoms with Gasteiger partial charge in [-0.2, -0.15) is 0 Å². The van der Waals surface area contributed by atoms with E-state index in [0.29, 0.717) is 6.61 Å². The van der Waals surface area contributed by atoms with Crippen molar-refractivity contribution in [3.05, 3.63) is 0 Å². The predicted molar refractivity (Wildman–Crippen MR) is 71.2 cm³/mol. The summed E-state index contributed by atoms with van der Waals surface area (Å²) in [6.07, 6.45) is 1.81. The number of hydrogen-bond donors (Lipinski definition) is 2. The summed E-state index contributed by atoms with van der Waals surface area (Å²) >= 11 is 0. The Morgan fingerprint density at radius 2 is 1.61 bits per heavy atom. The molecule has 0 bridgehead atoms. The van der Waals surface area contributed by atoms with E-state index in [1.54, 1.807) is 20.8 Å². The number of esters is 1. The van der Waals surface area contributed by atoms with Crippen LogP contribution in [0.3, 0.4) is 0 Å². The summed E-state index contributed by atoms with van der Waals surface area (Å²) in [6.45, 7) is 9.61. The largest absolute Gasteiger partial charge is 0.465 e. The summed E-state index contributed by atoms with van der Waals surface area (Å²) in [5.41, 5.74) is 0. The highest BCUT2D eigenvalue weighted by atomic mass is 16.5. The van der Waals surface area contributed by atoms with Crippen LogP contribution in [-0.4, -0.2) is 36.6 Å². The monoisotopic (exact) mass is 258 g/mol. The molecular formula is C13H26N2O3. The second-order valence-corrected chi connectivity index (χ2v) is 4.38. The number of carbonyl (C=O) groups is 2. The lowest BCUT2D eigenvalue weighted by atomic mass is 10.1. The molecule has 0 aromatic heterocycles. The first kappa shape index (κ1) is 16.9. The van der Waals surface area contributed by atoms with E-state index in [2.05, 4.69) is 10.6 Å². The summed E-state index contributed by atoms with van der Waals surface area (Å²) < 4.78 is 4.87. The summed E-state index contributed by atoms with van der Waals surface area (Å²) in [6, 6.07) is -0.697. The first-order valence-corrected chi connectivity index (χ1v) is 6.69. The Morgan fingerprint density at radius 3 is 2.06 bits per heavy atom. The maximum absolute atomic E-state index is 11.9. The highest BCUT2D eigenvalue weighted by molar-refractivity contribution is 5.83. The molecular weight excluding hydrogens is 232 g/mol. The van der Waals surface area contributed by atoms with E-state index in [0.717, 1.165) is 12.8 Å². The van der Waals surface area contributed by atoms with Gasteiger partial charge in [-0.25, -0.2) is 0 Å². The summed E-state index contributed by atoms with van der Waals surface area (Å²) in [4.78, 5) is 23.3. The maximum Gasteiger partial charge on any atom is 0.322 e. The third kappa shape index (κ3) is 6.00. The highest BCUT2D eigenvalue weighted by Gasteiger charge is 2.21. The van der Waals surface area contributed by atoms with Crippen LogP contribution in [0.5, 0.6) is 0 Å². The van der Waals surface area contributed by atoms with Crippen molar-refractivity contribution in [2.45, 2.75) is 65.6 Å². The van der Waals surface area contributed by atoms with Crippen LogP contribution in [0, 0.1) is 0 Å². The SMILES string of the molecule is CCOC(=O)C(C)NC(C)C(=O)NC(CC)CC. The lowest BCUT2D eigenvalue weighted by Gasteiger charge is -2.21. The lowest BCUT2D eigenvalue weighted by molar-refractivity contribution is -0.145. The second kappa shape index (κ2) is 8.91. The van der Waals surface area contributed by atoms with Crippen molar-refractivity contribution >= 4 is 11.9 Å². The minimum absolute atomic E-state index is 0.0835. The van der Waals surface area contributed by atoms with Gasteiger partial charge in [0.2, 0.25) is 5.91 Å². The Balaban J connectivity index is 4.18. The van der Waals surface area contributed by atoms with Gasteiger partial charge in [0, 0.05) is 6.04 Å². The molecule has 0 rings (SSSR count). The molecule has 0 aliphatic rings. The standard InChI is InChI=1S/C13H26N2O3/c1-6-11(7-2)15-12(16)9(4)14-10(5)13(17)18-8-3/h9-11,14H,6-8H2,1-5H3,(H,15,16). The smallest absolute Gasteiger partial charge is 0.322 e. The molecule has 18 heavy (non-hydrogen) atoms. The molecule has 0 saturated carbocycles. The molecule has 0 saturated heterocycles. The van der Waals surface area contributed by atoms with Crippen molar-refractivity contribution in [2.75, 3.05) is 6.61 Å². The van der Waals surface area contributed by atoms with Crippen LogP contribution >= 0.6 is 0 Å². The number of rotatable bonds is 8. The van der Waals surface area contributed by atoms with Gasteiger partial charge >= 0.3 is 5.97 Å². The predicted octanol–water partition coefficient (Wildman–Crippen LogP) is 1.22. The van der Waals surface area contributed by atoms with E-state index < -0.39 is 12.1 Å². The van der Waals surface area contributed by atoms with Crippen LogP contribution in [0.15, 0.2) is 0 Å². The van der Waals surface area contributed by atoms with Gasteiger partial charge in [-0.05, 0) is 33.6 Å². The minimum atomic E-state index is -0.479. The Kier molecular flexibility index (Phi) is 8.37. The summed E-state index contributed by atoms with van der Waals surface area (Å²) in [5.74, 6) is -0.417. The zero-order valence-corrected chi connectivity index (χ0v) is 12.1. The van der Waals surface area contributed by atoms with Gasteiger partial charge in [0.25, 0.3) is 0 Å². The topological polar surface area (TPSA) is 67.4 Å². The molecule has 0 radical (unpaired) electrons. The molecule has 0 fully saturated rings. The van der Waals surface area contributed by atoms with Crippen molar-refractivity contribution in [2.24, 2.45) is 0 Å². The van der Waals surface area contributed by atoms with Gasteiger partial charge in [-0.3, -0.25) is 14.9 Å². The van der Waals surface area contributed by atoms with Gasteiger partial charge in [-0.1, -0.05) is 13.8 Å². The molecule has 0 aromatic rings. The van der Waals surface area contributed by atoms with Crippen LogP contribution in [0.1, 0.15) is 47.5 Å². The van der Waals surface area contributed by atoms with Crippen LogP contribution in [0.4, 0.5) is 0 Å². The van der Waals surface area contributed by atoms with E-state index >= 15 is 0 Å². The molecule has 2 atom stereocenters. The van der Waals surface area contributed by atoms with Crippen molar-refractivity contribution in [1.29, 1.82) is 0 Å². The van der Waals surface area contributed by atoms with Gasteiger partial charge in [-0.15, -0.1) is 0 Å². The van der Waals surface area contributed by atoms with Gasteiger partial charge < -0.3 is 10.1 Å². The summed E-state index contributed by atoms with van der Waals surface area (Å²) in [7, 11) is 0. The van der Waals surface area contributed by atoms with Crippen molar-refractivity contribution in [3.63, 3.8) is 0 Å². The van der Waals surface area contributed by atoms with Crippen LogP contribution in [0.25, 0.3) is 0 Å². The van der Waals surface area contributed by atoms with Crippen molar-refractivity contribution in [3.8, 4) is 0 Å². The van der Waals surface area contributed by atoms with E-state index in [4.69, 9.17) is 4.74 Å². The number of carbonyl (C=O) groups excluding carboxylic acids is 2. The van der Waals surface area contributed by atoms with E-state index in [-0.39, 0.29) is 17.9 Å². The van der Waals surface area contributed by atoms with Gasteiger partial charge in [0.15, 0.2) is 0 Å². The normalized spacial score (nSPS) is 14.1. The second-order valence-electron chi connectivity index (χ2n) is 4.38. The highest BCUT2D eigenvalue weighted by Crippen LogP contribution is 1.98. The van der Waals surface area contributed by atoms with Gasteiger partial charge in [0.05, 0.1) is 12.6 Å². The van der Waals surface area contributed by atoms with E-state index in [1.165, 1.54) is 0 Å². The zero-order chi connectivity index (χ0) is 14.1. The molecule has 0 aliphatic carbocycles. The zero-order valence-electron chi connectivity index (χ0n) is 12.1. The van der Waals surface area contributed by atoms with Crippen LogP contribution < -0.4 is 10.6 Å². The molecule has 1 amide bonds. The fourth-order valence-corrected chi connectivity index (χ4v) is 1.60. The van der Waals surface area contributed by atoms with Crippen LogP contribution in [-0.2, 0) is 14.3 Å².